The summed E-state index contributed by atoms with van der Waals surface area (Å²) in [6, 6.07) is 5.69. The maximum absolute atomic E-state index is 12.2. The van der Waals surface area contributed by atoms with E-state index in [4.69, 9.17) is 4.42 Å². The fourth-order valence-corrected chi connectivity index (χ4v) is 3.30. The average Bonchev–Trinajstić information content (AvgIpc) is 3.23. The van der Waals surface area contributed by atoms with Gasteiger partial charge in [0.1, 0.15) is 5.76 Å². The lowest BCUT2D eigenvalue weighted by molar-refractivity contribution is -0.129. The Bertz CT molecular complexity index is 622. The van der Waals surface area contributed by atoms with Gasteiger partial charge in [-0.05, 0) is 40.9 Å². The molecule has 5 nitrogen and oxygen atoms in total. The van der Waals surface area contributed by atoms with Crippen molar-refractivity contribution in [1.82, 2.24) is 10.2 Å². The first-order chi connectivity index (χ1) is 10.7. The van der Waals surface area contributed by atoms with Gasteiger partial charge in [-0.3, -0.25) is 9.59 Å². The van der Waals surface area contributed by atoms with Crippen LogP contribution in [0.3, 0.4) is 0 Å². The molecule has 2 aromatic heterocycles. The Hall–Kier alpha value is -2.08. The first kappa shape index (κ1) is 14.8. The lowest BCUT2D eigenvalue weighted by Crippen LogP contribution is -2.34. The molecule has 3 heterocycles. The van der Waals surface area contributed by atoms with E-state index in [9.17, 15) is 9.59 Å². The van der Waals surface area contributed by atoms with Crippen LogP contribution in [0.25, 0.3) is 0 Å². The molecule has 0 radical (unpaired) electrons. The van der Waals surface area contributed by atoms with Gasteiger partial charge >= 0.3 is 0 Å². The highest BCUT2D eigenvalue weighted by molar-refractivity contribution is 7.07. The van der Waals surface area contributed by atoms with Crippen molar-refractivity contribution in [2.75, 3.05) is 13.1 Å². The number of nitrogens with one attached hydrogen (secondary N) is 1. The lowest BCUT2D eigenvalue weighted by Gasteiger charge is -2.15. The van der Waals surface area contributed by atoms with Crippen LogP contribution in [0.2, 0.25) is 0 Å². The van der Waals surface area contributed by atoms with Crippen molar-refractivity contribution in [2.45, 2.75) is 19.4 Å². The Morgan fingerprint density at radius 1 is 1.45 bits per heavy atom. The normalized spacial score (nSPS) is 17.9. The minimum Gasteiger partial charge on any atom is -0.467 e. The summed E-state index contributed by atoms with van der Waals surface area (Å²) in [5.41, 5.74) is 1.23. The number of hydrogen-bond acceptors (Lipinski definition) is 4. The van der Waals surface area contributed by atoms with Crippen molar-refractivity contribution in [3.8, 4) is 0 Å². The highest BCUT2D eigenvalue weighted by Crippen LogP contribution is 2.20. The summed E-state index contributed by atoms with van der Waals surface area (Å²) in [5.74, 6) is 0.455. The number of rotatable bonds is 6. The molecule has 0 unspecified atom stereocenters. The molecule has 1 fully saturated rings. The second-order valence-electron chi connectivity index (χ2n) is 5.43. The Labute approximate surface area is 132 Å². The maximum Gasteiger partial charge on any atom is 0.225 e. The van der Waals surface area contributed by atoms with Crippen molar-refractivity contribution in [1.29, 1.82) is 0 Å². The summed E-state index contributed by atoms with van der Waals surface area (Å²) < 4.78 is 5.25. The van der Waals surface area contributed by atoms with Crippen LogP contribution in [0.15, 0.2) is 39.6 Å². The van der Waals surface area contributed by atoms with E-state index in [1.54, 1.807) is 28.6 Å². The van der Waals surface area contributed by atoms with E-state index in [1.165, 1.54) is 5.56 Å². The third-order valence-electron chi connectivity index (χ3n) is 3.81. The van der Waals surface area contributed by atoms with Crippen LogP contribution >= 0.6 is 11.3 Å². The summed E-state index contributed by atoms with van der Waals surface area (Å²) >= 11 is 1.65. The summed E-state index contributed by atoms with van der Waals surface area (Å²) in [6.07, 6.45) is 2.70. The van der Waals surface area contributed by atoms with Crippen molar-refractivity contribution in [3.05, 3.63) is 46.5 Å². The van der Waals surface area contributed by atoms with E-state index in [-0.39, 0.29) is 24.2 Å². The minimum atomic E-state index is -0.259. The molecule has 0 bridgehead atoms. The molecule has 3 rings (SSSR count). The van der Waals surface area contributed by atoms with Crippen LogP contribution in [0.5, 0.6) is 0 Å². The van der Waals surface area contributed by atoms with E-state index in [2.05, 4.69) is 16.8 Å². The summed E-state index contributed by atoms with van der Waals surface area (Å²) in [4.78, 5) is 25.8. The van der Waals surface area contributed by atoms with Gasteiger partial charge in [0.25, 0.3) is 0 Å². The predicted molar refractivity (Wildman–Crippen MR) is 83.3 cm³/mol. The number of nitrogens with zero attached hydrogens (tertiary/aromatic N) is 1. The molecule has 2 aromatic rings. The number of carbonyl (C=O) groups excluding carboxylic acids is 2. The maximum atomic E-state index is 12.2. The standard InChI is InChI=1S/C16H18N2O3S/c19-15-8-13(9-18(15)10-14-2-1-6-21-14)16(20)17-5-3-12-4-7-22-11-12/h1-2,4,6-7,11,13H,3,5,8-10H2,(H,17,20)/t13-/m1/s1. The third kappa shape index (κ3) is 3.57. The molecular formula is C16H18N2O3S. The molecule has 0 aliphatic carbocycles. The van der Waals surface area contributed by atoms with Gasteiger partial charge in [-0.25, -0.2) is 0 Å². The van der Waals surface area contributed by atoms with E-state index in [0.717, 1.165) is 12.2 Å². The molecule has 1 atom stereocenters. The molecular weight excluding hydrogens is 300 g/mol. The topological polar surface area (TPSA) is 62.6 Å². The molecule has 0 spiro atoms. The van der Waals surface area contributed by atoms with Crippen LogP contribution < -0.4 is 5.32 Å². The quantitative estimate of drug-likeness (QED) is 0.886. The fourth-order valence-electron chi connectivity index (χ4n) is 2.60. The average molecular weight is 318 g/mol. The lowest BCUT2D eigenvalue weighted by atomic mass is 10.1. The summed E-state index contributed by atoms with van der Waals surface area (Å²) in [5, 5.41) is 7.03. The van der Waals surface area contributed by atoms with Gasteiger partial charge in [0.15, 0.2) is 0 Å². The molecule has 0 aromatic carbocycles. The van der Waals surface area contributed by atoms with Crippen LogP contribution in [0.1, 0.15) is 17.7 Å². The van der Waals surface area contributed by atoms with Crippen molar-refractivity contribution in [3.63, 3.8) is 0 Å². The largest absolute Gasteiger partial charge is 0.467 e. The molecule has 1 N–H and O–H groups in total. The van der Waals surface area contributed by atoms with Crippen LogP contribution in [-0.2, 0) is 22.6 Å². The molecule has 22 heavy (non-hydrogen) atoms. The highest BCUT2D eigenvalue weighted by atomic mass is 32.1. The second-order valence-corrected chi connectivity index (χ2v) is 6.21. The molecule has 1 saturated heterocycles. The smallest absolute Gasteiger partial charge is 0.225 e. The van der Waals surface area contributed by atoms with Gasteiger partial charge in [0, 0.05) is 19.5 Å². The number of thiophene rings is 1. The molecule has 116 valence electrons. The van der Waals surface area contributed by atoms with Crippen LogP contribution in [-0.4, -0.2) is 29.8 Å². The first-order valence-electron chi connectivity index (χ1n) is 7.31. The van der Waals surface area contributed by atoms with Crippen molar-refractivity contribution >= 4 is 23.2 Å². The highest BCUT2D eigenvalue weighted by Gasteiger charge is 2.34. The Kier molecular flexibility index (Phi) is 4.58. The Morgan fingerprint density at radius 2 is 2.36 bits per heavy atom. The zero-order chi connectivity index (χ0) is 15.4. The minimum absolute atomic E-state index is 0.00869. The van der Waals surface area contributed by atoms with Gasteiger partial charge in [-0.1, -0.05) is 0 Å². The predicted octanol–water partition coefficient (Wildman–Crippen LogP) is 2.05. The van der Waals surface area contributed by atoms with Gasteiger partial charge in [0.05, 0.1) is 18.7 Å². The number of amides is 2. The van der Waals surface area contributed by atoms with Gasteiger partial charge in [0.2, 0.25) is 11.8 Å². The number of furan rings is 1. The molecule has 1 aliphatic heterocycles. The van der Waals surface area contributed by atoms with E-state index in [0.29, 0.717) is 19.6 Å². The second kappa shape index (κ2) is 6.79. The van der Waals surface area contributed by atoms with Gasteiger partial charge in [-0.2, -0.15) is 11.3 Å². The number of hydrogen-bond donors (Lipinski definition) is 1. The SMILES string of the molecule is O=C(NCCc1ccsc1)[C@@H]1CC(=O)N(Cc2ccco2)C1. The van der Waals surface area contributed by atoms with E-state index >= 15 is 0 Å². The van der Waals surface area contributed by atoms with Gasteiger partial charge in [-0.15, -0.1) is 0 Å². The van der Waals surface area contributed by atoms with Crippen molar-refractivity contribution < 1.29 is 14.0 Å². The monoisotopic (exact) mass is 318 g/mol. The Balaban J connectivity index is 1.46. The number of carbonyl (C=O) groups is 2. The molecule has 2 amide bonds. The number of likely N-dealkylation sites (tertiary alicyclic amines) is 1. The zero-order valence-electron chi connectivity index (χ0n) is 12.2. The fraction of sp³-hybridized carbons (Fsp3) is 0.375. The third-order valence-corrected chi connectivity index (χ3v) is 4.54. The van der Waals surface area contributed by atoms with E-state index in [1.807, 2.05) is 11.4 Å². The summed E-state index contributed by atoms with van der Waals surface area (Å²) in [6.45, 7) is 1.51. The van der Waals surface area contributed by atoms with Crippen molar-refractivity contribution in [2.24, 2.45) is 5.92 Å². The summed E-state index contributed by atoms with van der Waals surface area (Å²) in [7, 11) is 0. The van der Waals surface area contributed by atoms with Crippen LogP contribution in [0, 0.1) is 5.92 Å². The molecule has 1 aliphatic rings. The zero-order valence-corrected chi connectivity index (χ0v) is 13.0. The van der Waals surface area contributed by atoms with E-state index < -0.39 is 0 Å². The van der Waals surface area contributed by atoms with Gasteiger partial charge < -0.3 is 14.6 Å². The molecule has 6 heteroatoms. The molecule has 0 saturated carbocycles. The Morgan fingerprint density at radius 3 is 3.09 bits per heavy atom. The van der Waals surface area contributed by atoms with Crippen LogP contribution in [0.4, 0.5) is 0 Å². The first-order valence-corrected chi connectivity index (χ1v) is 8.25.